The van der Waals surface area contributed by atoms with Crippen LogP contribution in [0.5, 0.6) is 0 Å². The number of cyclic esters (lactones) is 1. The van der Waals surface area contributed by atoms with Gasteiger partial charge in [0.15, 0.2) is 0 Å². The third kappa shape index (κ3) is 3.80. The number of rotatable bonds is 5. The molecule has 3 rings (SSSR count). The molecule has 3 aliphatic rings. The van der Waals surface area contributed by atoms with Crippen LogP contribution in [0.1, 0.15) is 66.2 Å². The van der Waals surface area contributed by atoms with Gasteiger partial charge >= 0.3 is 5.97 Å². The molecule has 1 aliphatic carbocycles. The Labute approximate surface area is 147 Å². The van der Waals surface area contributed by atoms with Crippen LogP contribution in [0.4, 0.5) is 0 Å². The molecule has 0 amide bonds. The molecule has 0 N–H and O–H groups in total. The van der Waals surface area contributed by atoms with E-state index in [2.05, 4.69) is 32.6 Å². The van der Waals surface area contributed by atoms with Crippen molar-refractivity contribution < 1.29 is 14.3 Å². The highest BCUT2D eigenvalue weighted by Crippen LogP contribution is 2.40. The van der Waals surface area contributed by atoms with Crippen LogP contribution in [0.3, 0.4) is 0 Å². The third-order valence-corrected chi connectivity index (χ3v) is 6.58. The molecule has 2 heterocycles. The number of nitrogens with zero attached hydrogens (tertiary/aromatic N) is 1. The van der Waals surface area contributed by atoms with Crippen molar-refractivity contribution in [2.45, 2.75) is 84.7 Å². The minimum atomic E-state index is -0.328. The fourth-order valence-corrected chi connectivity index (χ4v) is 5.17. The summed E-state index contributed by atoms with van der Waals surface area (Å²) in [7, 11) is 0. The molecule has 1 saturated carbocycles. The van der Waals surface area contributed by atoms with E-state index in [0.717, 1.165) is 19.5 Å². The Bertz CT molecular complexity index is 439. The summed E-state index contributed by atoms with van der Waals surface area (Å²) in [5, 5.41) is 0. The van der Waals surface area contributed by atoms with Crippen molar-refractivity contribution in [1.82, 2.24) is 4.90 Å². The van der Waals surface area contributed by atoms with Crippen LogP contribution in [-0.2, 0) is 14.3 Å². The first-order valence-electron chi connectivity index (χ1n) is 10.1. The predicted octanol–water partition coefficient (Wildman–Crippen LogP) is 3.84. The standard InChI is InChI=1S/C20H35NO3/c1-5-21-10-6-7-17(21)16-12-19(22)24-20(16)23-18-11-14(4)8-9-15(18)13(2)3/h13-18,20H,5-12H2,1-4H3/t14-,15+,16+,17-,18-,20-/m1/s1. The van der Waals surface area contributed by atoms with Gasteiger partial charge in [0.2, 0.25) is 6.29 Å². The molecule has 0 unspecified atom stereocenters. The summed E-state index contributed by atoms with van der Waals surface area (Å²) in [5.41, 5.74) is 0. The first kappa shape index (κ1) is 18.2. The van der Waals surface area contributed by atoms with Crippen LogP contribution in [0, 0.1) is 23.7 Å². The molecular formula is C20H35NO3. The zero-order chi connectivity index (χ0) is 17.3. The topological polar surface area (TPSA) is 38.8 Å². The van der Waals surface area contributed by atoms with Crippen molar-refractivity contribution in [2.24, 2.45) is 23.7 Å². The number of hydrogen-bond donors (Lipinski definition) is 0. The quantitative estimate of drug-likeness (QED) is 0.715. The summed E-state index contributed by atoms with van der Waals surface area (Å²) < 4.78 is 12.2. The van der Waals surface area contributed by atoms with Crippen LogP contribution in [0.25, 0.3) is 0 Å². The lowest BCUT2D eigenvalue weighted by Crippen LogP contribution is -2.43. The van der Waals surface area contributed by atoms with E-state index in [4.69, 9.17) is 9.47 Å². The van der Waals surface area contributed by atoms with Gasteiger partial charge in [0.1, 0.15) is 0 Å². The first-order valence-corrected chi connectivity index (χ1v) is 10.1. The summed E-state index contributed by atoms with van der Waals surface area (Å²) in [5.74, 6) is 2.06. The minimum Gasteiger partial charge on any atom is -0.435 e. The van der Waals surface area contributed by atoms with Gasteiger partial charge in [-0.1, -0.05) is 34.1 Å². The first-order chi connectivity index (χ1) is 11.5. The molecule has 4 heteroatoms. The van der Waals surface area contributed by atoms with E-state index in [0.29, 0.717) is 30.2 Å². The van der Waals surface area contributed by atoms with Crippen LogP contribution in [0.2, 0.25) is 0 Å². The summed E-state index contributed by atoms with van der Waals surface area (Å²) in [4.78, 5) is 14.5. The molecule has 4 nitrogen and oxygen atoms in total. The summed E-state index contributed by atoms with van der Waals surface area (Å²) in [6.07, 6.45) is 6.47. The fraction of sp³-hybridized carbons (Fsp3) is 0.950. The van der Waals surface area contributed by atoms with Gasteiger partial charge in [-0.25, -0.2) is 0 Å². The summed E-state index contributed by atoms with van der Waals surface area (Å²) in [6, 6.07) is 0.449. The van der Waals surface area contributed by atoms with Gasteiger partial charge in [0.25, 0.3) is 0 Å². The molecule has 24 heavy (non-hydrogen) atoms. The van der Waals surface area contributed by atoms with Gasteiger partial charge in [0, 0.05) is 12.0 Å². The van der Waals surface area contributed by atoms with E-state index in [9.17, 15) is 4.79 Å². The van der Waals surface area contributed by atoms with E-state index >= 15 is 0 Å². The largest absolute Gasteiger partial charge is 0.435 e. The molecule has 0 radical (unpaired) electrons. The van der Waals surface area contributed by atoms with Crippen molar-refractivity contribution >= 4 is 5.97 Å². The number of esters is 1. The Balaban J connectivity index is 1.70. The Morgan fingerprint density at radius 3 is 2.79 bits per heavy atom. The van der Waals surface area contributed by atoms with Gasteiger partial charge in [-0.05, 0) is 56.5 Å². The predicted molar refractivity (Wildman–Crippen MR) is 94.5 cm³/mol. The second-order valence-corrected chi connectivity index (χ2v) is 8.57. The van der Waals surface area contributed by atoms with E-state index in [1.165, 1.54) is 25.7 Å². The highest BCUT2D eigenvalue weighted by atomic mass is 16.7. The summed E-state index contributed by atoms with van der Waals surface area (Å²) >= 11 is 0. The van der Waals surface area contributed by atoms with Crippen molar-refractivity contribution in [2.75, 3.05) is 13.1 Å². The van der Waals surface area contributed by atoms with Gasteiger partial charge in [-0.2, -0.15) is 0 Å². The Morgan fingerprint density at radius 2 is 2.08 bits per heavy atom. The average molecular weight is 338 g/mol. The maximum Gasteiger partial charge on any atom is 0.308 e. The molecule has 0 bridgehead atoms. The smallest absolute Gasteiger partial charge is 0.308 e. The van der Waals surface area contributed by atoms with Crippen LogP contribution >= 0.6 is 0 Å². The monoisotopic (exact) mass is 337 g/mol. The van der Waals surface area contributed by atoms with E-state index in [1.807, 2.05) is 0 Å². The Morgan fingerprint density at radius 1 is 1.29 bits per heavy atom. The molecule has 0 spiro atoms. The van der Waals surface area contributed by atoms with Crippen molar-refractivity contribution in [3.05, 3.63) is 0 Å². The molecular weight excluding hydrogens is 302 g/mol. The van der Waals surface area contributed by atoms with Crippen molar-refractivity contribution in [3.63, 3.8) is 0 Å². The highest BCUT2D eigenvalue weighted by Gasteiger charge is 2.46. The third-order valence-electron chi connectivity index (χ3n) is 6.58. The number of carbonyl (C=O) groups is 1. The SMILES string of the molecule is CCN1CCC[C@@H]1[C@@H]1CC(=O)O[C@H]1O[C@@H]1C[C@H](C)CC[C@H]1C(C)C. The molecule has 138 valence electrons. The van der Waals surface area contributed by atoms with Crippen molar-refractivity contribution in [1.29, 1.82) is 0 Å². The van der Waals surface area contributed by atoms with Crippen LogP contribution < -0.4 is 0 Å². The molecule has 2 saturated heterocycles. The van der Waals surface area contributed by atoms with Gasteiger partial charge < -0.3 is 14.4 Å². The maximum absolute atomic E-state index is 12.0. The van der Waals surface area contributed by atoms with E-state index in [-0.39, 0.29) is 24.3 Å². The second-order valence-electron chi connectivity index (χ2n) is 8.57. The number of likely N-dealkylation sites (tertiary alicyclic amines) is 1. The molecule has 0 aromatic carbocycles. The van der Waals surface area contributed by atoms with Crippen molar-refractivity contribution in [3.8, 4) is 0 Å². The zero-order valence-electron chi connectivity index (χ0n) is 15.9. The summed E-state index contributed by atoms with van der Waals surface area (Å²) in [6.45, 7) is 11.3. The lowest BCUT2D eigenvalue weighted by Gasteiger charge is -2.39. The molecule has 6 atom stereocenters. The van der Waals surface area contributed by atoms with Gasteiger partial charge in [0.05, 0.1) is 12.5 Å². The molecule has 0 aromatic rings. The minimum absolute atomic E-state index is 0.0714. The number of hydrogen-bond acceptors (Lipinski definition) is 4. The zero-order valence-corrected chi connectivity index (χ0v) is 15.9. The average Bonchev–Trinajstić information content (AvgIpc) is 3.12. The fourth-order valence-electron chi connectivity index (χ4n) is 5.17. The molecule has 2 aliphatic heterocycles. The van der Waals surface area contributed by atoms with Gasteiger partial charge in [-0.3, -0.25) is 4.79 Å². The van der Waals surface area contributed by atoms with Crippen LogP contribution in [-0.4, -0.2) is 42.4 Å². The second kappa shape index (κ2) is 7.74. The van der Waals surface area contributed by atoms with E-state index < -0.39 is 0 Å². The van der Waals surface area contributed by atoms with E-state index in [1.54, 1.807) is 0 Å². The Kier molecular flexibility index (Phi) is 5.86. The molecule has 3 fully saturated rings. The maximum atomic E-state index is 12.0. The van der Waals surface area contributed by atoms with Gasteiger partial charge in [-0.15, -0.1) is 0 Å². The lowest BCUT2D eigenvalue weighted by molar-refractivity contribution is -0.200. The Hall–Kier alpha value is -0.610. The normalized spacial score (nSPS) is 41.1. The highest BCUT2D eigenvalue weighted by molar-refractivity contribution is 5.72. The lowest BCUT2D eigenvalue weighted by atomic mass is 9.75. The number of carbonyl (C=O) groups excluding carboxylic acids is 1. The molecule has 0 aromatic heterocycles. The number of ether oxygens (including phenoxy) is 2. The van der Waals surface area contributed by atoms with Crippen LogP contribution in [0.15, 0.2) is 0 Å².